The van der Waals surface area contributed by atoms with Crippen molar-refractivity contribution in [1.29, 1.82) is 0 Å². The highest BCUT2D eigenvalue weighted by Gasteiger charge is 1.84. The maximum Gasteiger partial charge on any atom is 0.233 e. The van der Waals surface area contributed by atoms with E-state index in [0.29, 0.717) is 0 Å². The van der Waals surface area contributed by atoms with E-state index in [2.05, 4.69) is 5.32 Å². The molecule has 0 bridgehead atoms. The van der Waals surface area contributed by atoms with Gasteiger partial charge in [-0.25, -0.2) is 0 Å². The Hall–Kier alpha value is -0.570. The number of likely N-dealkylation sites (N-methyl/N-ethyl adjacent to an activating group) is 1. The van der Waals surface area contributed by atoms with Crippen molar-refractivity contribution < 1.29 is 4.79 Å². The molecule has 0 unspecified atom stereocenters. The highest BCUT2D eigenvalue weighted by molar-refractivity contribution is 5.77. The average Bonchev–Trinajstić information content (AvgIpc) is 1.91. The fourth-order valence-electron chi connectivity index (χ4n) is 0.102. The fourth-order valence-corrected chi connectivity index (χ4v) is 0.102. The predicted octanol–water partition coefficient (Wildman–Crippen LogP) is -0.283. The molecule has 0 saturated heterocycles. The van der Waals surface area contributed by atoms with Gasteiger partial charge in [0.1, 0.15) is 0 Å². The Morgan fingerprint density at radius 2 is 2.00 bits per heavy atom. The highest BCUT2D eigenvalue weighted by Crippen LogP contribution is 1.46. The first kappa shape index (κ1) is 10.4. The van der Waals surface area contributed by atoms with Gasteiger partial charge in [-0.05, 0) is 0 Å². The number of amides is 1. The van der Waals surface area contributed by atoms with Gasteiger partial charge >= 0.3 is 0 Å². The third-order valence-corrected chi connectivity index (χ3v) is 0.464. The standard InChI is InChI=1S/C3H8N2O.C2H6/c1-5-3(6)2-4;1-2/h2,4H2,1H3,(H,5,6);1-2H3. The second kappa shape index (κ2) is 9.66. The Bertz CT molecular complexity index is 48.4. The van der Waals surface area contributed by atoms with Crippen LogP contribution in [0.2, 0.25) is 0 Å². The van der Waals surface area contributed by atoms with Crippen LogP contribution in [0.25, 0.3) is 0 Å². The van der Waals surface area contributed by atoms with Gasteiger partial charge in [0.25, 0.3) is 0 Å². The lowest BCUT2D eigenvalue weighted by Gasteiger charge is -1.87. The van der Waals surface area contributed by atoms with Crippen LogP contribution in [-0.4, -0.2) is 19.5 Å². The van der Waals surface area contributed by atoms with Gasteiger partial charge in [0, 0.05) is 7.05 Å². The Labute approximate surface area is 50.3 Å². The maximum atomic E-state index is 9.94. The zero-order chi connectivity index (χ0) is 6.99. The molecule has 1 amide bonds. The molecule has 3 heteroatoms. The molecule has 0 atom stereocenters. The lowest BCUT2D eigenvalue weighted by molar-refractivity contribution is -0.119. The van der Waals surface area contributed by atoms with Crippen LogP contribution in [0.3, 0.4) is 0 Å². The van der Waals surface area contributed by atoms with E-state index in [-0.39, 0.29) is 12.5 Å². The first-order valence-electron chi connectivity index (χ1n) is 2.72. The van der Waals surface area contributed by atoms with E-state index < -0.39 is 0 Å². The number of hydrogen-bond donors (Lipinski definition) is 2. The van der Waals surface area contributed by atoms with Crippen molar-refractivity contribution in [2.24, 2.45) is 5.73 Å². The average molecular weight is 118 g/mol. The summed E-state index contributed by atoms with van der Waals surface area (Å²) in [5, 5.41) is 2.35. The van der Waals surface area contributed by atoms with Gasteiger partial charge in [-0.3, -0.25) is 4.79 Å². The van der Waals surface area contributed by atoms with Gasteiger partial charge in [0.05, 0.1) is 6.54 Å². The molecule has 0 aliphatic heterocycles. The molecule has 0 aliphatic rings. The first-order chi connectivity index (χ1) is 3.81. The van der Waals surface area contributed by atoms with E-state index in [0.717, 1.165) is 0 Å². The van der Waals surface area contributed by atoms with E-state index in [1.165, 1.54) is 0 Å². The molecule has 0 aromatic heterocycles. The second-order valence-corrected chi connectivity index (χ2v) is 0.877. The number of rotatable bonds is 1. The van der Waals surface area contributed by atoms with Crippen molar-refractivity contribution in [2.45, 2.75) is 13.8 Å². The molecule has 0 aromatic rings. The normalized spacial score (nSPS) is 6.50. The van der Waals surface area contributed by atoms with Crippen LogP contribution in [0.5, 0.6) is 0 Å². The number of nitrogens with two attached hydrogens (primary N) is 1. The van der Waals surface area contributed by atoms with Gasteiger partial charge in [-0.15, -0.1) is 0 Å². The molecule has 0 radical (unpaired) electrons. The van der Waals surface area contributed by atoms with Crippen LogP contribution in [0.1, 0.15) is 13.8 Å². The summed E-state index contributed by atoms with van der Waals surface area (Å²) < 4.78 is 0. The number of nitrogens with one attached hydrogen (secondary N) is 1. The largest absolute Gasteiger partial charge is 0.358 e. The van der Waals surface area contributed by atoms with E-state index in [1.54, 1.807) is 7.05 Å². The Morgan fingerprint density at radius 3 is 2.00 bits per heavy atom. The zero-order valence-electron chi connectivity index (χ0n) is 5.69. The quantitative estimate of drug-likeness (QED) is 0.497. The van der Waals surface area contributed by atoms with Crippen molar-refractivity contribution in [3.05, 3.63) is 0 Å². The van der Waals surface area contributed by atoms with Gasteiger partial charge in [-0.1, -0.05) is 13.8 Å². The first-order valence-corrected chi connectivity index (χ1v) is 2.72. The molecular formula is C5H14N2O. The van der Waals surface area contributed by atoms with Crippen molar-refractivity contribution in [3.63, 3.8) is 0 Å². The second-order valence-electron chi connectivity index (χ2n) is 0.877. The monoisotopic (exact) mass is 118 g/mol. The smallest absolute Gasteiger partial charge is 0.233 e. The van der Waals surface area contributed by atoms with E-state index in [1.807, 2.05) is 13.8 Å². The van der Waals surface area contributed by atoms with E-state index in [9.17, 15) is 4.79 Å². The van der Waals surface area contributed by atoms with Gasteiger partial charge in [0.2, 0.25) is 5.91 Å². The van der Waals surface area contributed by atoms with Gasteiger partial charge < -0.3 is 11.1 Å². The topological polar surface area (TPSA) is 55.1 Å². The molecule has 0 fully saturated rings. The summed E-state index contributed by atoms with van der Waals surface area (Å²) in [4.78, 5) is 9.94. The van der Waals surface area contributed by atoms with Crippen LogP contribution in [-0.2, 0) is 4.79 Å². The van der Waals surface area contributed by atoms with Gasteiger partial charge in [0.15, 0.2) is 0 Å². The van der Waals surface area contributed by atoms with Crippen molar-refractivity contribution in [3.8, 4) is 0 Å². The van der Waals surface area contributed by atoms with Crippen molar-refractivity contribution >= 4 is 5.91 Å². The van der Waals surface area contributed by atoms with Gasteiger partial charge in [-0.2, -0.15) is 0 Å². The summed E-state index contributed by atoms with van der Waals surface area (Å²) in [5.74, 6) is -0.130. The molecule has 3 N–H and O–H groups in total. The molecule has 0 aromatic carbocycles. The molecule has 0 aliphatic carbocycles. The third-order valence-electron chi connectivity index (χ3n) is 0.464. The molecule has 50 valence electrons. The number of hydrogen-bond acceptors (Lipinski definition) is 2. The Kier molecular flexibility index (Phi) is 12.6. The summed E-state index contributed by atoms with van der Waals surface area (Å²) in [5.41, 5.74) is 4.87. The molecular weight excluding hydrogens is 104 g/mol. The van der Waals surface area contributed by atoms with E-state index in [4.69, 9.17) is 5.73 Å². The SMILES string of the molecule is CC.CNC(=O)CN. The molecule has 0 spiro atoms. The number of carbonyl (C=O) groups excluding carboxylic acids is 1. The van der Waals surface area contributed by atoms with Crippen LogP contribution < -0.4 is 11.1 Å². The van der Waals surface area contributed by atoms with E-state index >= 15 is 0 Å². The third kappa shape index (κ3) is 9.06. The zero-order valence-corrected chi connectivity index (χ0v) is 5.69. The summed E-state index contributed by atoms with van der Waals surface area (Å²) in [6.45, 7) is 4.08. The highest BCUT2D eigenvalue weighted by atomic mass is 16.1. The lowest BCUT2D eigenvalue weighted by atomic mass is 10.6. The molecule has 3 nitrogen and oxygen atoms in total. The molecule has 8 heavy (non-hydrogen) atoms. The van der Waals surface area contributed by atoms with Crippen molar-refractivity contribution in [1.82, 2.24) is 5.32 Å². The van der Waals surface area contributed by atoms with Crippen LogP contribution in [0.15, 0.2) is 0 Å². The maximum absolute atomic E-state index is 9.94. The lowest BCUT2D eigenvalue weighted by Crippen LogP contribution is -2.26. The summed E-state index contributed by atoms with van der Waals surface area (Å²) in [7, 11) is 1.55. The fraction of sp³-hybridized carbons (Fsp3) is 0.800. The summed E-state index contributed by atoms with van der Waals surface area (Å²) in [6, 6.07) is 0. The minimum absolute atomic E-state index is 0.0799. The summed E-state index contributed by atoms with van der Waals surface area (Å²) in [6.07, 6.45) is 0. The summed E-state index contributed by atoms with van der Waals surface area (Å²) >= 11 is 0. The molecule has 0 saturated carbocycles. The molecule has 0 rings (SSSR count). The minimum Gasteiger partial charge on any atom is -0.358 e. The van der Waals surface area contributed by atoms with Crippen LogP contribution in [0.4, 0.5) is 0 Å². The van der Waals surface area contributed by atoms with Crippen LogP contribution >= 0.6 is 0 Å². The number of carbonyl (C=O) groups is 1. The Morgan fingerprint density at radius 1 is 1.62 bits per heavy atom. The minimum atomic E-state index is -0.130. The predicted molar refractivity (Wildman–Crippen MR) is 34.5 cm³/mol. The van der Waals surface area contributed by atoms with Crippen LogP contribution in [0, 0.1) is 0 Å². The molecule has 0 heterocycles. The van der Waals surface area contributed by atoms with Crippen molar-refractivity contribution in [2.75, 3.05) is 13.6 Å². The Balaban J connectivity index is 0.